The standard InChI is InChI=1S/2CH3.2Co/h2*1H3;;/q2*-1;;+2. The van der Waals surface area contributed by atoms with Crippen LogP contribution in [0.2, 0.25) is 0 Å². The Morgan fingerprint density at radius 3 is 0.750 bits per heavy atom. The first kappa shape index (κ1) is 78.7. The molecule has 0 atom stereocenters. The molecule has 0 rings (SSSR count). The van der Waals surface area contributed by atoms with Gasteiger partial charge in [0.05, 0.1) is 0 Å². The van der Waals surface area contributed by atoms with Crippen molar-refractivity contribution in [1.82, 2.24) is 0 Å². The summed E-state index contributed by atoms with van der Waals surface area (Å²) in [4.78, 5) is 0. The molecule has 0 saturated heterocycles. The molecule has 0 saturated carbocycles. The monoisotopic (exact) mass is 148 g/mol. The fraction of sp³-hybridized carbons (Fsp3) is 0. The minimum absolute atomic E-state index is 0. The summed E-state index contributed by atoms with van der Waals surface area (Å²) in [6.45, 7) is 0. The number of rotatable bonds is 0. The molecule has 0 N–H and O–H groups in total. The zero-order valence-electron chi connectivity index (χ0n) is 2.67. The van der Waals surface area contributed by atoms with Crippen LogP contribution in [0.5, 0.6) is 0 Å². The molecule has 2 radical (unpaired) electrons. The van der Waals surface area contributed by atoms with Crippen molar-refractivity contribution in [1.29, 1.82) is 0 Å². The molecule has 2 heteroatoms. The molecule has 0 spiro atoms. The molecule has 0 fully saturated rings. The van der Waals surface area contributed by atoms with Gasteiger partial charge in [-0.2, -0.15) is 0 Å². The summed E-state index contributed by atoms with van der Waals surface area (Å²) < 4.78 is 0. The topological polar surface area (TPSA) is 0 Å². The Balaban J connectivity index is 0. The van der Waals surface area contributed by atoms with Crippen LogP contribution < -0.4 is 0 Å². The Kier molecular flexibility index (Phi) is 698. The van der Waals surface area contributed by atoms with E-state index in [9.17, 15) is 0 Å². The molecule has 0 aliphatic rings. The van der Waals surface area contributed by atoms with Gasteiger partial charge in [0.2, 0.25) is 0 Å². The van der Waals surface area contributed by atoms with Gasteiger partial charge in [-0.05, 0) is 0 Å². The minimum atomic E-state index is 0. The summed E-state index contributed by atoms with van der Waals surface area (Å²) in [7, 11) is 0. The molecule has 0 nitrogen and oxygen atoms in total. The fourth-order valence-corrected chi connectivity index (χ4v) is 0. The molecule has 0 aromatic heterocycles. The second-order valence-electron chi connectivity index (χ2n) is 0. The van der Waals surface area contributed by atoms with Gasteiger partial charge in [0.15, 0.2) is 0 Å². The second kappa shape index (κ2) is 35.5. The predicted octanol–water partition coefficient (Wildman–Crippen LogP) is 0.896. The maximum absolute atomic E-state index is 0. The zero-order valence-corrected chi connectivity index (χ0v) is 4.75. The fourth-order valence-electron chi connectivity index (χ4n) is 0. The zero-order chi connectivity index (χ0) is 0. The largest absolute Gasteiger partial charge is 2.00 e. The molecule has 0 aliphatic heterocycles. The number of hydrogen-bond donors (Lipinski definition) is 0. The maximum Gasteiger partial charge on any atom is 2.00 e. The molecule has 32 valence electrons. The van der Waals surface area contributed by atoms with Crippen molar-refractivity contribution in [3.05, 3.63) is 14.9 Å². The molecule has 0 aromatic rings. The van der Waals surface area contributed by atoms with Gasteiger partial charge < -0.3 is 14.9 Å². The quantitative estimate of drug-likeness (QED) is 0.447. The van der Waals surface area contributed by atoms with E-state index in [1.165, 1.54) is 0 Å². The Morgan fingerprint density at radius 2 is 0.750 bits per heavy atom. The summed E-state index contributed by atoms with van der Waals surface area (Å²) in [6.07, 6.45) is 0. The molecule has 0 heterocycles. The summed E-state index contributed by atoms with van der Waals surface area (Å²) in [5.41, 5.74) is 0. The van der Waals surface area contributed by atoms with Gasteiger partial charge in [-0.3, -0.25) is 0 Å². The summed E-state index contributed by atoms with van der Waals surface area (Å²) in [5.74, 6) is 0. The van der Waals surface area contributed by atoms with E-state index < -0.39 is 0 Å². The second-order valence-corrected chi connectivity index (χ2v) is 0. The van der Waals surface area contributed by atoms with Gasteiger partial charge >= 0.3 is 16.8 Å². The third-order valence-corrected chi connectivity index (χ3v) is 0. The minimum Gasteiger partial charge on any atom is -0.358 e. The van der Waals surface area contributed by atoms with Crippen LogP contribution in [0.4, 0.5) is 0 Å². The Labute approximate surface area is 48.8 Å². The first-order chi connectivity index (χ1) is 0. The van der Waals surface area contributed by atoms with E-state index >= 15 is 0 Å². The third-order valence-electron chi connectivity index (χ3n) is 0. The van der Waals surface area contributed by atoms with Crippen LogP contribution in [0.3, 0.4) is 0 Å². The van der Waals surface area contributed by atoms with Crippen molar-refractivity contribution < 1.29 is 33.6 Å². The number of hydrogen-bond acceptors (Lipinski definition) is 0. The molecular weight excluding hydrogens is 142 g/mol. The first-order valence-corrected chi connectivity index (χ1v) is 0. The van der Waals surface area contributed by atoms with Crippen LogP contribution in [-0.4, -0.2) is 0 Å². The van der Waals surface area contributed by atoms with E-state index in [0.717, 1.165) is 0 Å². The Morgan fingerprint density at radius 1 is 0.750 bits per heavy atom. The van der Waals surface area contributed by atoms with Crippen molar-refractivity contribution in [2.75, 3.05) is 0 Å². The van der Waals surface area contributed by atoms with Gasteiger partial charge in [0, 0.05) is 16.8 Å². The van der Waals surface area contributed by atoms with Crippen molar-refractivity contribution in [2.45, 2.75) is 0 Å². The van der Waals surface area contributed by atoms with Crippen LogP contribution in [0.25, 0.3) is 0 Å². The third kappa shape index (κ3) is 11.9. The average Bonchev–Trinajstić information content (AvgIpc) is 0. The van der Waals surface area contributed by atoms with E-state index in [-0.39, 0.29) is 48.4 Å². The summed E-state index contributed by atoms with van der Waals surface area (Å²) >= 11 is 0. The van der Waals surface area contributed by atoms with Crippen molar-refractivity contribution in [3.63, 3.8) is 0 Å². The maximum atomic E-state index is 0. The van der Waals surface area contributed by atoms with Crippen LogP contribution in [-0.2, 0) is 33.6 Å². The van der Waals surface area contributed by atoms with Gasteiger partial charge in [0.1, 0.15) is 0 Å². The van der Waals surface area contributed by atoms with Crippen molar-refractivity contribution in [3.8, 4) is 0 Å². The Hall–Kier alpha value is 1.01. The SMILES string of the molecule is [CH3-].[CH3-].[Co+2].[Co]. The Bertz CT molecular complexity index is 4.00. The summed E-state index contributed by atoms with van der Waals surface area (Å²) in [6, 6.07) is 0. The molecule has 0 aromatic carbocycles. The predicted molar refractivity (Wildman–Crippen MR) is 12.8 cm³/mol. The van der Waals surface area contributed by atoms with E-state index in [1.807, 2.05) is 0 Å². The van der Waals surface area contributed by atoms with E-state index in [2.05, 4.69) is 0 Å². The molecule has 0 aliphatic carbocycles. The average molecular weight is 148 g/mol. The van der Waals surface area contributed by atoms with Crippen LogP contribution in [0, 0.1) is 14.9 Å². The summed E-state index contributed by atoms with van der Waals surface area (Å²) in [5, 5.41) is 0. The van der Waals surface area contributed by atoms with Crippen LogP contribution in [0.15, 0.2) is 0 Å². The smallest absolute Gasteiger partial charge is 0.358 e. The molecule has 0 bridgehead atoms. The van der Waals surface area contributed by atoms with E-state index in [4.69, 9.17) is 0 Å². The van der Waals surface area contributed by atoms with Crippen molar-refractivity contribution in [2.24, 2.45) is 0 Å². The van der Waals surface area contributed by atoms with Crippen LogP contribution >= 0.6 is 0 Å². The normalized spacial score (nSPS) is 0. The van der Waals surface area contributed by atoms with Crippen molar-refractivity contribution >= 4 is 0 Å². The van der Waals surface area contributed by atoms with Gasteiger partial charge in [-0.25, -0.2) is 0 Å². The van der Waals surface area contributed by atoms with E-state index in [1.54, 1.807) is 0 Å². The molecule has 0 amide bonds. The molecule has 0 unspecified atom stereocenters. The van der Waals surface area contributed by atoms with Gasteiger partial charge in [-0.1, -0.05) is 0 Å². The molecule has 4 heavy (non-hydrogen) atoms. The van der Waals surface area contributed by atoms with E-state index in [0.29, 0.717) is 0 Å². The first-order valence-electron chi connectivity index (χ1n) is 0. The molecular formula is C2H6Co2. The van der Waals surface area contributed by atoms with Crippen LogP contribution in [0.1, 0.15) is 0 Å². The van der Waals surface area contributed by atoms with Gasteiger partial charge in [0.25, 0.3) is 0 Å². The van der Waals surface area contributed by atoms with Gasteiger partial charge in [-0.15, -0.1) is 0 Å².